The molecule has 3 aliphatic carbocycles. The van der Waals surface area contributed by atoms with Gasteiger partial charge in [-0.05, 0) is 65.4 Å². The van der Waals surface area contributed by atoms with Gasteiger partial charge in [-0.3, -0.25) is 4.98 Å². The monoisotopic (exact) mass is 359 g/mol. The predicted molar refractivity (Wildman–Crippen MR) is 114 cm³/mol. The van der Waals surface area contributed by atoms with E-state index in [1.54, 1.807) is 0 Å². The Morgan fingerprint density at radius 2 is 1.04 bits per heavy atom. The highest BCUT2D eigenvalue weighted by Gasteiger charge is 2.54. The van der Waals surface area contributed by atoms with E-state index >= 15 is 0 Å². The molecule has 0 aliphatic heterocycles. The summed E-state index contributed by atoms with van der Waals surface area (Å²) >= 11 is 0. The van der Waals surface area contributed by atoms with Gasteiger partial charge in [0.05, 0.1) is 5.69 Å². The summed E-state index contributed by atoms with van der Waals surface area (Å²) in [5.41, 5.74) is 10.5. The second kappa shape index (κ2) is 5.20. The largest absolute Gasteiger partial charge is 0.256 e. The molecule has 1 heteroatoms. The first-order valence-corrected chi connectivity index (χ1v) is 9.91. The van der Waals surface area contributed by atoms with Crippen molar-refractivity contribution in [2.75, 3.05) is 0 Å². The molecule has 2 bridgehead atoms. The van der Waals surface area contributed by atoms with Gasteiger partial charge in [-0.25, -0.2) is 0 Å². The summed E-state index contributed by atoms with van der Waals surface area (Å²) in [5.74, 6) is 0. The molecule has 7 rings (SSSR count). The highest BCUT2D eigenvalue weighted by molar-refractivity contribution is 5.77. The lowest BCUT2D eigenvalue weighted by atomic mass is 9.48. The molecule has 0 saturated carbocycles. The molecule has 0 radical (unpaired) electrons. The van der Waals surface area contributed by atoms with E-state index in [9.17, 15) is 0 Å². The maximum absolute atomic E-state index is 4.59. The van der Waals surface area contributed by atoms with Gasteiger partial charge in [0, 0.05) is 22.6 Å². The third-order valence-corrected chi connectivity index (χ3v) is 7.07. The van der Waals surface area contributed by atoms with Crippen LogP contribution < -0.4 is 0 Å². The zero-order chi connectivity index (χ0) is 18.9. The van der Waals surface area contributed by atoms with Crippen LogP contribution in [-0.2, 0) is 10.8 Å². The average Bonchev–Trinajstić information content (AvgIpc) is 2.77. The molecular formula is C27H21N. The first kappa shape index (κ1) is 15.8. The molecule has 3 aliphatic rings. The number of benzene rings is 3. The minimum absolute atomic E-state index is 0.122. The number of aromatic nitrogens is 1. The van der Waals surface area contributed by atoms with Gasteiger partial charge in [-0.2, -0.15) is 0 Å². The summed E-state index contributed by atoms with van der Waals surface area (Å²) in [5, 5.41) is 0. The molecule has 3 aromatic carbocycles. The van der Waals surface area contributed by atoms with Gasteiger partial charge >= 0.3 is 0 Å². The standard InChI is InChI=1S/C27H21N/c1-26-19-9-3-5-11-21(19)27(2,22-12-6-4-10-20(22)26)24-17-18(14-15-23(24)26)25-13-7-8-16-28-25/h3-17H,1-2H3. The highest BCUT2D eigenvalue weighted by Crippen LogP contribution is 2.61. The van der Waals surface area contributed by atoms with Gasteiger partial charge in [0.15, 0.2) is 0 Å². The van der Waals surface area contributed by atoms with Crippen LogP contribution in [0.15, 0.2) is 91.1 Å². The molecule has 1 aromatic heterocycles. The van der Waals surface area contributed by atoms with Crippen LogP contribution in [0.3, 0.4) is 0 Å². The van der Waals surface area contributed by atoms with Crippen molar-refractivity contribution < 1.29 is 0 Å². The molecule has 0 spiro atoms. The fourth-order valence-electron chi connectivity index (χ4n) is 5.67. The molecule has 0 atom stereocenters. The third-order valence-electron chi connectivity index (χ3n) is 7.07. The molecule has 28 heavy (non-hydrogen) atoms. The normalized spacial score (nSPS) is 23.6. The first-order chi connectivity index (χ1) is 13.6. The van der Waals surface area contributed by atoms with Crippen LogP contribution in [0.5, 0.6) is 0 Å². The SMILES string of the molecule is CC12c3ccccc3C(C)(c3ccccc31)c1cc(-c3ccccn3)ccc12. The van der Waals surface area contributed by atoms with E-state index in [0.717, 1.165) is 5.69 Å². The maximum atomic E-state index is 4.59. The number of hydrogen-bond acceptors (Lipinski definition) is 1. The van der Waals surface area contributed by atoms with Crippen LogP contribution in [0.1, 0.15) is 47.2 Å². The van der Waals surface area contributed by atoms with Crippen LogP contribution in [0.4, 0.5) is 0 Å². The minimum atomic E-state index is -0.148. The summed E-state index contributed by atoms with van der Waals surface area (Å²) in [6.07, 6.45) is 1.87. The number of rotatable bonds is 1. The van der Waals surface area contributed by atoms with Crippen molar-refractivity contribution in [2.45, 2.75) is 24.7 Å². The molecular weight excluding hydrogens is 338 g/mol. The van der Waals surface area contributed by atoms with Crippen molar-refractivity contribution in [1.29, 1.82) is 0 Å². The summed E-state index contributed by atoms with van der Waals surface area (Å²) in [4.78, 5) is 4.59. The van der Waals surface area contributed by atoms with Crippen molar-refractivity contribution in [3.63, 3.8) is 0 Å². The Morgan fingerprint density at radius 1 is 0.536 bits per heavy atom. The lowest BCUT2D eigenvalue weighted by Gasteiger charge is -2.54. The van der Waals surface area contributed by atoms with Crippen LogP contribution in [0.25, 0.3) is 11.3 Å². The smallest absolute Gasteiger partial charge is 0.0702 e. The van der Waals surface area contributed by atoms with Crippen molar-refractivity contribution in [3.8, 4) is 11.3 Å². The van der Waals surface area contributed by atoms with E-state index in [0.29, 0.717) is 0 Å². The first-order valence-electron chi connectivity index (χ1n) is 9.91. The van der Waals surface area contributed by atoms with E-state index < -0.39 is 0 Å². The third kappa shape index (κ3) is 1.70. The second-order valence-corrected chi connectivity index (χ2v) is 8.32. The Bertz CT molecular complexity index is 1190. The zero-order valence-corrected chi connectivity index (χ0v) is 16.1. The van der Waals surface area contributed by atoms with E-state index in [1.165, 1.54) is 38.9 Å². The Kier molecular flexibility index (Phi) is 2.94. The van der Waals surface area contributed by atoms with Crippen LogP contribution in [-0.4, -0.2) is 4.98 Å². The Labute approximate surface area is 165 Å². The molecule has 1 heterocycles. The van der Waals surface area contributed by atoms with E-state index in [-0.39, 0.29) is 10.8 Å². The Morgan fingerprint density at radius 3 is 1.57 bits per heavy atom. The van der Waals surface area contributed by atoms with Gasteiger partial charge in [0.1, 0.15) is 0 Å². The topological polar surface area (TPSA) is 12.9 Å². The summed E-state index contributed by atoms with van der Waals surface area (Å²) in [7, 11) is 0. The van der Waals surface area contributed by atoms with Gasteiger partial charge in [0.25, 0.3) is 0 Å². The summed E-state index contributed by atoms with van der Waals surface area (Å²) in [6.45, 7) is 4.78. The van der Waals surface area contributed by atoms with E-state index in [2.05, 4.69) is 97.7 Å². The van der Waals surface area contributed by atoms with E-state index in [1.807, 2.05) is 12.3 Å². The molecule has 4 aromatic rings. The highest BCUT2D eigenvalue weighted by atomic mass is 14.7. The van der Waals surface area contributed by atoms with Gasteiger partial charge < -0.3 is 0 Å². The number of nitrogens with zero attached hydrogens (tertiary/aromatic N) is 1. The quantitative estimate of drug-likeness (QED) is 0.401. The predicted octanol–water partition coefficient (Wildman–Crippen LogP) is 6.08. The fraction of sp³-hybridized carbons (Fsp3) is 0.148. The molecule has 0 fully saturated rings. The zero-order valence-electron chi connectivity index (χ0n) is 16.1. The van der Waals surface area contributed by atoms with Crippen LogP contribution in [0, 0.1) is 0 Å². The summed E-state index contributed by atoms with van der Waals surface area (Å²) in [6, 6.07) is 31.1. The maximum Gasteiger partial charge on any atom is 0.0702 e. The van der Waals surface area contributed by atoms with Crippen molar-refractivity contribution in [3.05, 3.63) is 125 Å². The van der Waals surface area contributed by atoms with Gasteiger partial charge in [-0.15, -0.1) is 0 Å². The second-order valence-electron chi connectivity index (χ2n) is 8.32. The summed E-state index contributed by atoms with van der Waals surface area (Å²) < 4.78 is 0. The lowest BCUT2D eigenvalue weighted by Crippen LogP contribution is -2.48. The molecule has 0 N–H and O–H groups in total. The lowest BCUT2D eigenvalue weighted by molar-refractivity contribution is 0.511. The van der Waals surface area contributed by atoms with Crippen molar-refractivity contribution >= 4 is 0 Å². The van der Waals surface area contributed by atoms with Gasteiger partial charge in [-0.1, -0.05) is 66.7 Å². The number of hydrogen-bond donors (Lipinski definition) is 0. The molecule has 1 nitrogen and oxygen atoms in total. The van der Waals surface area contributed by atoms with E-state index in [4.69, 9.17) is 0 Å². The van der Waals surface area contributed by atoms with Crippen molar-refractivity contribution in [1.82, 2.24) is 4.98 Å². The molecule has 134 valence electrons. The average molecular weight is 359 g/mol. The molecule has 0 saturated heterocycles. The van der Waals surface area contributed by atoms with Gasteiger partial charge in [0.2, 0.25) is 0 Å². The molecule has 0 amide bonds. The molecule has 0 unspecified atom stereocenters. The fourth-order valence-corrected chi connectivity index (χ4v) is 5.67. The number of pyridine rings is 1. The minimum Gasteiger partial charge on any atom is -0.256 e. The van der Waals surface area contributed by atoms with Crippen molar-refractivity contribution in [2.24, 2.45) is 0 Å². The van der Waals surface area contributed by atoms with Crippen LogP contribution in [0.2, 0.25) is 0 Å². The van der Waals surface area contributed by atoms with Crippen LogP contribution >= 0.6 is 0 Å². The Hall–Kier alpha value is -3.19. The Balaban J connectivity index is 1.73.